The summed E-state index contributed by atoms with van der Waals surface area (Å²) in [5.41, 5.74) is 2.72. The van der Waals surface area contributed by atoms with Crippen molar-refractivity contribution in [3.63, 3.8) is 0 Å². The predicted octanol–water partition coefficient (Wildman–Crippen LogP) is 5.52. The Morgan fingerprint density at radius 1 is 1.07 bits per heavy atom. The second kappa shape index (κ2) is 8.84. The van der Waals surface area contributed by atoms with Crippen molar-refractivity contribution < 1.29 is 9.32 Å². The lowest BCUT2D eigenvalue weighted by Gasteiger charge is -2.17. The zero-order chi connectivity index (χ0) is 20.1. The fourth-order valence-electron chi connectivity index (χ4n) is 3.27. The number of amides is 1. The molecule has 0 saturated heterocycles. The van der Waals surface area contributed by atoms with Gasteiger partial charge >= 0.3 is 0 Å². The summed E-state index contributed by atoms with van der Waals surface area (Å²) >= 11 is 1.57. The van der Waals surface area contributed by atoms with Crippen molar-refractivity contribution in [1.29, 1.82) is 0 Å². The molecule has 2 aromatic carbocycles. The lowest BCUT2D eigenvalue weighted by atomic mass is 9.95. The molecule has 146 valence electrons. The van der Waals surface area contributed by atoms with Gasteiger partial charge in [0.25, 0.3) is 0 Å². The van der Waals surface area contributed by atoms with Crippen molar-refractivity contribution in [2.75, 3.05) is 5.32 Å². The van der Waals surface area contributed by atoms with Crippen LogP contribution in [0.3, 0.4) is 0 Å². The molecular weight excluding hydrogens is 382 g/mol. The van der Waals surface area contributed by atoms with Gasteiger partial charge in [-0.25, -0.2) is 0 Å². The third-order valence-corrected chi connectivity index (χ3v) is 5.62. The average Bonchev–Trinajstić information content (AvgIpc) is 3.43. The van der Waals surface area contributed by atoms with Crippen molar-refractivity contribution >= 4 is 22.9 Å². The number of nitrogens with zero attached hydrogens (tertiary/aromatic N) is 2. The highest BCUT2D eigenvalue weighted by atomic mass is 32.1. The lowest BCUT2D eigenvalue weighted by molar-refractivity contribution is -0.117. The van der Waals surface area contributed by atoms with Gasteiger partial charge < -0.3 is 9.84 Å². The SMILES string of the molecule is CCC(C(=O)Nc1ccccc1Cc1nc(-c2cccs2)no1)c1ccccc1. The van der Waals surface area contributed by atoms with Gasteiger partial charge in [-0.05, 0) is 35.1 Å². The minimum absolute atomic E-state index is 0.0176. The molecule has 1 unspecified atom stereocenters. The van der Waals surface area contributed by atoms with Gasteiger partial charge in [0.15, 0.2) is 0 Å². The molecular formula is C23H21N3O2S. The van der Waals surface area contributed by atoms with E-state index < -0.39 is 0 Å². The first-order valence-corrected chi connectivity index (χ1v) is 10.4. The Hall–Kier alpha value is -3.25. The van der Waals surface area contributed by atoms with Gasteiger partial charge in [-0.3, -0.25) is 4.79 Å². The van der Waals surface area contributed by atoms with Gasteiger partial charge in [0.2, 0.25) is 17.6 Å². The van der Waals surface area contributed by atoms with Crippen LogP contribution in [-0.4, -0.2) is 16.0 Å². The van der Waals surface area contributed by atoms with Gasteiger partial charge in [-0.1, -0.05) is 66.7 Å². The van der Waals surface area contributed by atoms with Crippen LogP contribution in [0.2, 0.25) is 0 Å². The van der Waals surface area contributed by atoms with E-state index in [0.717, 1.165) is 28.1 Å². The standard InChI is InChI=1S/C23H21N3O2S/c1-2-18(16-9-4-3-5-10-16)23(27)24-19-12-7-6-11-17(19)15-21-25-22(26-28-21)20-13-8-14-29-20/h3-14,18H,2,15H2,1H3,(H,24,27). The molecule has 2 aromatic heterocycles. The summed E-state index contributed by atoms with van der Waals surface area (Å²) < 4.78 is 5.42. The number of nitrogens with one attached hydrogen (secondary N) is 1. The van der Waals surface area contributed by atoms with Crippen LogP contribution in [0.25, 0.3) is 10.7 Å². The summed E-state index contributed by atoms with van der Waals surface area (Å²) in [5, 5.41) is 9.13. The van der Waals surface area contributed by atoms with Gasteiger partial charge in [-0.2, -0.15) is 4.98 Å². The highest BCUT2D eigenvalue weighted by molar-refractivity contribution is 7.13. The van der Waals surface area contributed by atoms with Crippen molar-refractivity contribution in [2.24, 2.45) is 0 Å². The zero-order valence-corrected chi connectivity index (χ0v) is 16.9. The molecule has 4 rings (SSSR count). The van der Waals surface area contributed by atoms with Gasteiger partial charge in [0, 0.05) is 5.69 Å². The minimum atomic E-state index is -0.196. The summed E-state index contributed by atoms with van der Waals surface area (Å²) in [4.78, 5) is 18.4. The number of hydrogen-bond acceptors (Lipinski definition) is 5. The maximum atomic E-state index is 12.9. The second-order valence-electron chi connectivity index (χ2n) is 6.68. The molecule has 2 heterocycles. The second-order valence-corrected chi connectivity index (χ2v) is 7.63. The number of hydrogen-bond donors (Lipinski definition) is 1. The molecule has 5 nitrogen and oxygen atoms in total. The Balaban J connectivity index is 1.52. The van der Waals surface area contributed by atoms with E-state index in [1.807, 2.05) is 79.0 Å². The number of carbonyl (C=O) groups excluding carboxylic acids is 1. The van der Waals surface area contributed by atoms with Crippen LogP contribution < -0.4 is 5.32 Å². The first-order chi connectivity index (χ1) is 14.2. The van der Waals surface area contributed by atoms with Crippen LogP contribution in [-0.2, 0) is 11.2 Å². The summed E-state index contributed by atoms with van der Waals surface area (Å²) in [6.07, 6.45) is 1.18. The van der Waals surface area contributed by atoms with E-state index in [4.69, 9.17) is 4.52 Å². The third kappa shape index (κ3) is 4.43. The first kappa shape index (κ1) is 19.1. The molecule has 1 atom stereocenters. The van der Waals surface area contributed by atoms with E-state index in [0.29, 0.717) is 18.1 Å². The molecule has 0 aliphatic rings. The number of aromatic nitrogens is 2. The zero-order valence-electron chi connectivity index (χ0n) is 16.0. The Morgan fingerprint density at radius 2 is 1.86 bits per heavy atom. The fourth-order valence-corrected chi connectivity index (χ4v) is 3.92. The lowest BCUT2D eigenvalue weighted by Crippen LogP contribution is -2.21. The normalized spacial score (nSPS) is 11.9. The number of thiophene rings is 1. The summed E-state index contributed by atoms with van der Waals surface area (Å²) in [7, 11) is 0. The van der Waals surface area contributed by atoms with E-state index in [-0.39, 0.29) is 11.8 Å². The Labute approximate surface area is 173 Å². The van der Waals surface area contributed by atoms with Crippen LogP contribution in [0.1, 0.15) is 36.3 Å². The van der Waals surface area contributed by atoms with Crippen molar-refractivity contribution in [2.45, 2.75) is 25.7 Å². The highest BCUT2D eigenvalue weighted by Gasteiger charge is 2.20. The minimum Gasteiger partial charge on any atom is -0.339 e. The van der Waals surface area contributed by atoms with Crippen LogP contribution in [0.4, 0.5) is 5.69 Å². The van der Waals surface area contributed by atoms with Gasteiger partial charge in [-0.15, -0.1) is 11.3 Å². The predicted molar refractivity (Wildman–Crippen MR) is 115 cm³/mol. The maximum absolute atomic E-state index is 12.9. The fraction of sp³-hybridized carbons (Fsp3) is 0.174. The van der Waals surface area contributed by atoms with E-state index in [1.165, 1.54) is 0 Å². The molecule has 6 heteroatoms. The Morgan fingerprint density at radius 3 is 2.62 bits per heavy atom. The maximum Gasteiger partial charge on any atom is 0.231 e. The van der Waals surface area contributed by atoms with Gasteiger partial charge in [0.1, 0.15) is 0 Å². The van der Waals surface area contributed by atoms with E-state index in [9.17, 15) is 4.79 Å². The molecule has 0 aliphatic carbocycles. The molecule has 4 aromatic rings. The summed E-state index contributed by atoms with van der Waals surface area (Å²) in [6, 6.07) is 21.5. The topological polar surface area (TPSA) is 68.0 Å². The van der Waals surface area contributed by atoms with Crippen molar-refractivity contribution in [3.05, 3.63) is 89.1 Å². The molecule has 29 heavy (non-hydrogen) atoms. The number of rotatable bonds is 7. The smallest absolute Gasteiger partial charge is 0.231 e. The first-order valence-electron chi connectivity index (χ1n) is 9.54. The van der Waals surface area contributed by atoms with Crippen LogP contribution in [0.15, 0.2) is 76.6 Å². The Kier molecular flexibility index (Phi) is 5.81. The molecule has 0 aliphatic heterocycles. The van der Waals surface area contributed by atoms with Crippen LogP contribution in [0, 0.1) is 0 Å². The quantitative estimate of drug-likeness (QED) is 0.441. The van der Waals surface area contributed by atoms with Gasteiger partial charge in [0.05, 0.1) is 17.2 Å². The largest absolute Gasteiger partial charge is 0.339 e. The third-order valence-electron chi connectivity index (χ3n) is 4.75. The summed E-state index contributed by atoms with van der Waals surface area (Å²) in [6.45, 7) is 2.02. The van der Waals surface area contributed by atoms with E-state index >= 15 is 0 Å². The van der Waals surface area contributed by atoms with E-state index in [1.54, 1.807) is 11.3 Å². The molecule has 1 N–H and O–H groups in total. The highest BCUT2D eigenvalue weighted by Crippen LogP contribution is 2.26. The molecule has 1 amide bonds. The van der Waals surface area contributed by atoms with Crippen LogP contribution in [0.5, 0.6) is 0 Å². The van der Waals surface area contributed by atoms with Crippen molar-refractivity contribution in [1.82, 2.24) is 10.1 Å². The Bertz CT molecular complexity index is 1070. The molecule has 0 spiro atoms. The van der Waals surface area contributed by atoms with Crippen molar-refractivity contribution in [3.8, 4) is 10.7 Å². The summed E-state index contributed by atoms with van der Waals surface area (Å²) in [5.74, 6) is 0.894. The monoisotopic (exact) mass is 403 g/mol. The van der Waals surface area contributed by atoms with Crippen LogP contribution >= 0.6 is 11.3 Å². The number of para-hydroxylation sites is 1. The average molecular weight is 404 g/mol. The molecule has 0 bridgehead atoms. The molecule has 0 saturated carbocycles. The molecule has 0 fully saturated rings. The number of anilines is 1. The number of benzene rings is 2. The van der Waals surface area contributed by atoms with E-state index in [2.05, 4.69) is 15.5 Å². The molecule has 0 radical (unpaired) electrons. The number of carbonyl (C=O) groups is 1.